The number of H-pyrrole nitrogens is 1. The second-order valence-corrected chi connectivity index (χ2v) is 8.30. The van der Waals surface area contributed by atoms with E-state index in [0.717, 1.165) is 18.1 Å². The third kappa shape index (κ3) is 4.52. The number of piperazine rings is 1. The molecule has 1 fully saturated rings. The summed E-state index contributed by atoms with van der Waals surface area (Å²) < 4.78 is 41.1. The maximum Gasteiger partial charge on any atom is 0.417 e. The number of anilines is 1. The molecule has 0 radical (unpaired) electrons. The van der Waals surface area contributed by atoms with Crippen molar-refractivity contribution in [3.8, 4) is 11.5 Å². The van der Waals surface area contributed by atoms with E-state index >= 15 is 0 Å². The van der Waals surface area contributed by atoms with E-state index in [1.54, 1.807) is 24.7 Å². The lowest BCUT2D eigenvalue weighted by Crippen LogP contribution is -2.54. The Kier molecular flexibility index (Phi) is 6.14. The average molecular weight is 497 g/mol. The van der Waals surface area contributed by atoms with Gasteiger partial charge in [-0.3, -0.25) is 9.30 Å². The van der Waals surface area contributed by atoms with Crippen molar-refractivity contribution in [1.29, 1.82) is 5.41 Å². The van der Waals surface area contributed by atoms with Gasteiger partial charge in [-0.1, -0.05) is 0 Å². The Hall–Kier alpha value is -4.26. The van der Waals surface area contributed by atoms with Gasteiger partial charge in [0.1, 0.15) is 23.0 Å². The molecule has 0 amide bonds. The summed E-state index contributed by atoms with van der Waals surface area (Å²) in [7, 11) is 0. The Balaban J connectivity index is 1.44. The molecule has 1 aliphatic heterocycles. The monoisotopic (exact) mass is 496 g/mol. The van der Waals surface area contributed by atoms with Gasteiger partial charge in [0.25, 0.3) is 0 Å². The van der Waals surface area contributed by atoms with Gasteiger partial charge < -0.3 is 21.0 Å². The number of aromatic nitrogens is 6. The molecule has 0 aliphatic carbocycles. The van der Waals surface area contributed by atoms with Gasteiger partial charge in [-0.25, -0.2) is 19.9 Å². The van der Waals surface area contributed by atoms with Crippen molar-refractivity contribution in [2.45, 2.75) is 18.8 Å². The number of pyridine rings is 1. The lowest BCUT2D eigenvalue weighted by Gasteiger charge is -2.42. The van der Waals surface area contributed by atoms with Gasteiger partial charge in [0.2, 0.25) is 0 Å². The number of halogens is 3. The number of aromatic amines is 1. The number of hydrogen-bond acceptors (Lipinski definition) is 8. The molecular formula is C23H23F3N10. The van der Waals surface area contributed by atoms with Crippen molar-refractivity contribution in [3.05, 3.63) is 72.3 Å². The van der Waals surface area contributed by atoms with Crippen molar-refractivity contribution in [3.63, 3.8) is 0 Å². The molecule has 4 aromatic heterocycles. The first-order valence-corrected chi connectivity index (χ1v) is 11.1. The van der Waals surface area contributed by atoms with E-state index in [-0.39, 0.29) is 11.9 Å². The van der Waals surface area contributed by atoms with Crippen LogP contribution in [0, 0.1) is 5.41 Å². The smallest absolute Gasteiger partial charge is 0.404 e. The second-order valence-electron chi connectivity index (χ2n) is 8.30. The number of alkyl halides is 3. The van der Waals surface area contributed by atoms with Crippen molar-refractivity contribution < 1.29 is 13.2 Å². The van der Waals surface area contributed by atoms with Gasteiger partial charge in [0, 0.05) is 62.4 Å². The zero-order valence-corrected chi connectivity index (χ0v) is 19.0. The van der Waals surface area contributed by atoms with Gasteiger partial charge in [-0.05, 0) is 18.2 Å². The summed E-state index contributed by atoms with van der Waals surface area (Å²) in [5.41, 5.74) is 6.41. The van der Waals surface area contributed by atoms with Crippen LogP contribution in [0.3, 0.4) is 0 Å². The first kappa shape index (κ1) is 23.5. The van der Waals surface area contributed by atoms with Crippen LogP contribution in [0.2, 0.25) is 0 Å². The van der Waals surface area contributed by atoms with E-state index in [1.807, 2.05) is 4.90 Å². The molecule has 10 nitrogen and oxygen atoms in total. The predicted molar refractivity (Wildman–Crippen MR) is 127 cm³/mol. The molecule has 5 rings (SSSR count). The first-order chi connectivity index (χ1) is 17.4. The number of nitrogens with one attached hydrogen (secondary N) is 2. The third-order valence-corrected chi connectivity index (χ3v) is 6.17. The molecule has 4 N–H and O–H groups in total. The zero-order valence-electron chi connectivity index (χ0n) is 19.0. The van der Waals surface area contributed by atoms with Crippen LogP contribution in [-0.2, 0) is 12.7 Å². The molecule has 36 heavy (non-hydrogen) atoms. The van der Waals surface area contributed by atoms with Crippen LogP contribution in [0.5, 0.6) is 0 Å². The van der Waals surface area contributed by atoms with Crippen LogP contribution in [-0.4, -0.2) is 66.1 Å². The largest absolute Gasteiger partial charge is 0.417 e. The van der Waals surface area contributed by atoms with Crippen LogP contribution in [0.4, 0.5) is 19.0 Å². The zero-order chi connectivity index (χ0) is 25.3. The number of imidazole rings is 2. The molecule has 13 heteroatoms. The molecule has 1 aliphatic rings. The minimum absolute atomic E-state index is 0.185. The molecule has 0 bridgehead atoms. The van der Waals surface area contributed by atoms with Crippen molar-refractivity contribution >= 4 is 17.7 Å². The maximum absolute atomic E-state index is 13.3. The van der Waals surface area contributed by atoms with E-state index in [2.05, 4.69) is 29.8 Å². The van der Waals surface area contributed by atoms with Crippen LogP contribution in [0.1, 0.15) is 11.4 Å². The highest BCUT2D eigenvalue weighted by atomic mass is 19.4. The lowest BCUT2D eigenvalue weighted by molar-refractivity contribution is -0.137. The molecule has 186 valence electrons. The fraction of sp³-hybridized carbons (Fsp3) is 0.261. The molecular weight excluding hydrogens is 473 g/mol. The Morgan fingerprint density at radius 2 is 2.03 bits per heavy atom. The molecule has 4 aromatic rings. The van der Waals surface area contributed by atoms with E-state index in [9.17, 15) is 13.2 Å². The minimum atomic E-state index is -4.48. The molecule has 1 saturated heterocycles. The van der Waals surface area contributed by atoms with Crippen LogP contribution in [0.15, 0.2) is 61.0 Å². The number of rotatable bonds is 6. The number of fused-ring (bicyclic) bond motifs is 1. The fourth-order valence-electron chi connectivity index (χ4n) is 4.33. The summed E-state index contributed by atoms with van der Waals surface area (Å²) in [5.74, 6) is 1.69. The third-order valence-electron chi connectivity index (χ3n) is 6.17. The Morgan fingerprint density at radius 3 is 2.75 bits per heavy atom. The summed E-state index contributed by atoms with van der Waals surface area (Å²) in [6, 6.07) is 3.88. The van der Waals surface area contributed by atoms with Crippen LogP contribution >= 0.6 is 0 Å². The van der Waals surface area contributed by atoms with Crippen LogP contribution < -0.4 is 10.6 Å². The normalized spacial score (nSPS) is 17.6. The van der Waals surface area contributed by atoms with Gasteiger partial charge in [0.05, 0.1) is 24.3 Å². The highest BCUT2D eigenvalue weighted by molar-refractivity contribution is 5.77. The Labute approximate surface area is 203 Å². The summed E-state index contributed by atoms with van der Waals surface area (Å²) >= 11 is 0. The summed E-state index contributed by atoms with van der Waals surface area (Å²) in [4.78, 5) is 24.8. The summed E-state index contributed by atoms with van der Waals surface area (Å²) in [6.45, 7) is 2.35. The Morgan fingerprint density at radius 1 is 1.17 bits per heavy atom. The lowest BCUT2D eigenvalue weighted by atomic mass is 10.0. The summed E-state index contributed by atoms with van der Waals surface area (Å²) in [6.07, 6.45) is 5.68. The molecule has 0 saturated carbocycles. The fourth-order valence-corrected chi connectivity index (χ4v) is 4.33. The van der Waals surface area contributed by atoms with E-state index in [4.69, 9.17) is 11.1 Å². The van der Waals surface area contributed by atoms with Crippen molar-refractivity contribution in [2.24, 2.45) is 5.73 Å². The first-order valence-electron chi connectivity index (χ1n) is 11.1. The SMILES string of the molecule is N=C/C(=C\N)C1CN(c2ccnc(-c3cnc4ccc(C(F)(F)F)cn34)n2)CCN1Cc1ncc[nH]1. The topological polar surface area (TPSA) is 128 Å². The summed E-state index contributed by atoms with van der Waals surface area (Å²) in [5, 5.41) is 7.82. The van der Waals surface area contributed by atoms with Crippen molar-refractivity contribution in [1.82, 2.24) is 34.2 Å². The minimum Gasteiger partial charge on any atom is -0.404 e. The van der Waals surface area contributed by atoms with E-state index < -0.39 is 11.7 Å². The Bertz CT molecular complexity index is 1390. The predicted octanol–water partition coefficient (Wildman–Crippen LogP) is 2.72. The van der Waals surface area contributed by atoms with E-state index in [0.29, 0.717) is 48.9 Å². The number of nitrogens with two attached hydrogens (primary N) is 1. The van der Waals surface area contributed by atoms with Crippen molar-refractivity contribution in [2.75, 3.05) is 24.5 Å². The standard InChI is InChI=1S/C23H23F3N10/c24-23(25,26)16-1-2-20-32-11-17(36(20)12-16)22-31-4-3-21(33-22)35-8-7-34(14-19-29-5-6-30-19)18(13-35)15(9-27)10-28/h1-6,9-12,18,27H,7-8,13-14,28H2,(H,29,30)/b15-10+,27-9?. The maximum atomic E-state index is 13.3. The van der Waals surface area contributed by atoms with Gasteiger partial charge in [-0.15, -0.1) is 0 Å². The molecule has 0 spiro atoms. The molecule has 5 heterocycles. The van der Waals surface area contributed by atoms with Gasteiger partial charge in [-0.2, -0.15) is 13.2 Å². The molecule has 0 aromatic carbocycles. The number of nitrogens with zero attached hydrogens (tertiary/aromatic N) is 7. The molecule has 1 atom stereocenters. The number of hydrogen-bond donors (Lipinski definition) is 3. The highest BCUT2D eigenvalue weighted by Crippen LogP contribution is 2.31. The van der Waals surface area contributed by atoms with Gasteiger partial charge >= 0.3 is 6.18 Å². The van der Waals surface area contributed by atoms with E-state index in [1.165, 1.54) is 29.1 Å². The quantitative estimate of drug-likeness (QED) is 0.350. The molecule has 1 unspecified atom stereocenters. The second kappa shape index (κ2) is 9.41. The highest BCUT2D eigenvalue weighted by Gasteiger charge is 2.32. The average Bonchev–Trinajstić information content (AvgIpc) is 3.55. The van der Waals surface area contributed by atoms with Gasteiger partial charge in [0.15, 0.2) is 5.82 Å². The van der Waals surface area contributed by atoms with Crippen LogP contribution in [0.25, 0.3) is 17.2 Å².